The Kier molecular flexibility index (Phi) is 3.96. The minimum atomic E-state index is -0.526. The summed E-state index contributed by atoms with van der Waals surface area (Å²) in [5, 5.41) is 0. The van der Waals surface area contributed by atoms with Crippen LogP contribution in [0.25, 0.3) is 0 Å². The zero-order chi connectivity index (χ0) is 13.1. The summed E-state index contributed by atoms with van der Waals surface area (Å²) in [7, 11) is 5.55. The van der Waals surface area contributed by atoms with E-state index in [0.717, 1.165) is 19.5 Å². The molecule has 2 heterocycles. The molecule has 1 aliphatic rings. The Morgan fingerprint density at radius 2 is 2.28 bits per heavy atom. The Hall–Kier alpha value is -1.43. The smallest absolute Gasteiger partial charge is 0.255 e. The number of likely N-dealkylation sites (N-methyl/N-ethyl adjacent to an activating group) is 1. The number of hydrogen-bond donors (Lipinski definition) is 0. The van der Waals surface area contributed by atoms with Crippen molar-refractivity contribution in [3.05, 3.63) is 12.0 Å². The maximum Gasteiger partial charge on any atom is 0.255 e. The molecular weight excluding hydrogens is 235 g/mol. The lowest BCUT2D eigenvalue weighted by Crippen LogP contribution is -2.45. The largest absolute Gasteiger partial charge is 0.479 e. The summed E-state index contributed by atoms with van der Waals surface area (Å²) in [6, 6.07) is 0.485. The number of rotatable bonds is 3. The summed E-state index contributed by atoms with van der Waals surface area (Å²) in [5.74, 6) is 0.0224. The Morgan fingerprint density at radius 3 is 2.94 bits per heavy atom. The van der Waals surface area contributed by atoms with Crippen LogP contribution in [0.1, 0.15) is 12.8 Å². The monoisotopic (exact) mass is 254 g/mol. The summed E-state index contributed by atoms with van der Waals surface area (Å²) in [6.45, 7) is 1.76. The van der Waals surface area contributed by atoms with Crippen LogP contribution in [-0.2, 0) is 0 Å². The lowest BCUT2D eigenvalue weighted by atomic mass is 10.1. The van der Waals surface area contributed by atoms with Crippen molar-refractivity contribution in [1.29, 1.82) is 0 Å². The highest BCUT2D eigenvalue weighted by atomic mass is 19.1. The van der Waals surface area contributed by atoms with Crippen LogP contribution in [0, 0.1) is 5.82 Å². The molecule has 0 N–H and O–H groups in total. The minimum absolute atomic E-state index is 0.00646. The second-order valence-electron chi connectivity index (χ2n) is 4.73. The van der Waals surface area contributed by atoms with Gasteiger partial charge in [0.2, 0.25) is 11.8 Å². The average molecular weight is 254 g/mol. The van der Waals surface area contributed by atoms with Crippen LogP contribution >= 0.6 is 0 Å². The highest BCUT2D eigenvalue weighted by Crippen LogP contribution is 2.21. The fourth-order valence-corrected chi connectivity index (χ4v) is 2.20. The van der Waals surface area contributed by atoms with E-state index in [2.05, 4.69) is 33.9 Å². The SMILES string of the molecule is COc1nc(N2CCC[C@H](N(C)C)C2)ncc1F. The van der Waals surface area contributed by atoms with Gasteiger partial charge in [0.15, 0.2) is 0 Å². The van der Waals surface area contributed by atoms with Crippen LogP contribution in [0.2, 0.25) is 0 Å². The van der Waals surface area contributed by atoms with E-state index in [0.29, 0.717) is 12.0 Å². The molecule has 1 aliphatic heterocycles. The Morgan fingerprint density at radius 1 is 1.50 bits per heavy atom. The van der Waals surface area contributed by atoms with E-state index in [-0.39, 0.29) is 5.88 Å². The molecule has 0 aliphatic carbocycles. The van der Waals surface area contributed by atoms with Crippen molar-refractivity contribution in [3.8, 4) is 5.88 Å². The number of ether oxygens (including phenoxy) is 1. The number of piperidine rings is 1. The average Bonchev–Trinajstić information content (AvgIpc) is 2.39. The van der Waals surface area contributed by atoms with Crippen molar-refractivity contribution in [2.45, 2.75) is 18.9 Å². The van der Waals surface area contributed by atoms with Gasteiger partial charge in [0.25, 0.3) is 5.88 Å². The van der Waals surface area contributed by atoms with Crippen molar-refractivity contribution < 1.29 is 9.13 Å². The molecule has 1 atom stereocenters. The first kappa shape index (κ1) is 13.0. The molecule has 1 aromatic rings. The van der Waals surface area contributed by atoms with Crippen LogP contribution in [0.3, 0.4) is 0 Å². The van der Waals surface area contributed by atoms with Crippen LogP contribution in [0.15, 0.2) is 6.20 Å². The molecular formula is C12H19FN4O. The maximum atomic E-state index is 13.3. The van der Waals surface area contributed by atoms with Gasteiger partial charge in [-0.2, -0.15) is 9.37 Å². The third-order valence-electron chi connectivity index (χ3n) is 3.30. The van der Waals surface area contributed by atoms with E-state index in [1.54, 1.807) is 0 Å². The molecule has 1 aromatic heterocycles. The summed E-state index contributed by atoms with van der Waals surface area (Å²) in [6.07, 6.45) is 3.42. The number of aromatic nitrogens is 2. The van der Waals surface area contributed by atoms with E-state index >= 15 is 0 Å². The number of halogens is 1. The van der Waals surface area contributed by atoms with Gasteiger partial charge in [-0.3, -0.25) is 0 Å². The van der Waals surface area contributed by atoms with E-state index in [9.17, 15) is 4.39 Å². The summed E-state index contributed by atoms with van der Waals surface area (Å²) in [5.41, 5.74) is 0. The topological polar surface area (TPSA) is 41.5 Å². The molecule has 0 bridgehead atoms. The summed E-state index contributed by atoms with van der Waals surface area (Å²) < 4.78 is 18.2. The molecule has 0 unspecified atom stereocenters. The predicted octanol–water partition coefficient (Wildman–Crippen LogP) is 1.15. The number of hydrogen-bond acceptors (Lipinski definition) is 5. The first-order valence-electron chi connectivity index (χ1n) is 6.09. The third-order valence-corrected chi connectivity index (χ3v) is 3.30. The number of nitrogens with zero attached hydrogens (tertiary/aromatic N) is 4. The highest BCUT2D eigenvalue weighted by molar-refractivity contribution is 5.33. The first-order chi connectivity index (χ1) is 8.61. The standard InChI is InChI=1S/C12H19FN4O/c1-16(2)9-5-4-6-17(8-9)12-14-7-10(13)11(15-12)18-3/h7,9H,4-6,8H2,1-3H3/t9-/m0/s1. The van der Waals surface area contributed by atoms with Crippen molar-refractivity contribution >= 4 is 5.95 Å². The van der Waals surface area contributed by atoms with Gasteiger partial charge >= 0.3 is 0 Å². The molecule has 5 nitrogen and oxygen atoms in total. The molecule has 0 radical (unpaired) electrons. The molecule has 100 valence electrons. The van der Waals surface area contributed by atoms with E-state index < -0.39 is 5.82 Å². The minimum Gasteiger partial charge on any atom is -0.479 e. The fraction of sp³-hybridized carbons (Fsp3) is 0.667. The Bertz CT molecular complexity index is 413. The van der Waals surface area contributed by atoms with E-state index in [1.807, 2.05) is 0 Å². The van der Waals surface area contributed by atoms with Crippen LogP contribution in [0.5, 0.6) is 5.88 Å². The molecule has 6 heteroatoms. The van der Waals surface area contributed by atoms with E-state index in [4.69, 9.17) is 4.74 Å². The highest BCUT2D eigenvalue weighted by Gasteiger charge is 2.23. The van der Waals surface area contributed by atoms with Crippen LogP contribution in [0.4, 0.5) is 10.3 Å². The quantitative estimate of drug-likeness (QED) is 0.809. The van der Waals surface area contributed by atoms with Gasteiger partial charge in [-0.15, -0.1) is 0 Å². The van der Waals surface area contributed by atoms with Gasteiger partial charge in [-0.1, -0.05) is 0 Å². The van der Waals surface area contributed by atoms with Crippen LogP contribution in [-0.4, -0.2) is 55.2 Å². The van der Waals surface area contributed by atoms with Crippen LogP contribution < -0.4 is 9.64 Å². The van der Waals surface area contributed by atoms with E-state index in [1.165, 1.54) is 19.7 Å². The zero-order valence-electron chi connectivity index (χ0n) is 11.1. The normalized spacial score (nSPS) is 20.3. The molecule has 0 aromatic carbocycles. The second kappa shape index (κ2) is 5.48. The molecule has 1 saturated heterocycles. The second-order valence-corrected chi connectivity index (χ2v) is 4.73. The number of methoxy groups -OCH3 is 1. The van der Waals surface area contributed by atoms with Crippen molar-refractivity contribution in [3.63, 3.8) is 0 Å². The van der Waals surface area contributed by atoms with Gasteiger partial charge < -0.3 is 14.5 Å². The van der Waals surface area contributed by atoms with Gasteiger partial charge in [0.1, 0.15) is 0 Å². The lowest BCUT2D eigenvalue weighted by Gasteiger charge is -2.36. The van der Waals surface area contributed by atoms with Gasteiger partial charge in [0.05, 0.1) is 13.3 Å². The number of anilines is 1. The lowest BCUT2D eigenvalue weighted by molar-refractivity contribution is 0.256. The fourth-order valence-electron chi connectivity index (χ4n) is 2.20. The molecule has 18 heavy (non-hydrogen) atoms. The Balaban J connectivity index is 2.15. The molecule has 0 amide bonds. The Labute approximate surface area is 107 Å². The first-order valence-corrected chi connectivity index (χ1v) is 6.09. The van der Waals surface area contributed by atoms with Gasteiger partial charge in [-0.25, -0.2) is 4.98 Å². The molecule has 0 saturated carbocycles. The summed E-state index contributed by atoms with van der Waals surface area (Å²) in [4.78, 5) is 12.4. The molecule has 2 rings (SSSR count). The zero-order valence-corrected chi connectivity index (χ0v) is 11.1. The van der Waals surface area contributed by atoms with Crippen molar-refractivity contribution in [2.75, 3.05) is 39.2 Å². The third kappa shape index (κ3) is 2.69. The van der Waals surface area contributed by atoms with Gasteiger partial charge in [-0.05, 0) is 26.9 Å². The van der Waals surface area contributed by atoms with Gasteiger partial charge in [0, 0.05) is 19.1 Å². The molecule has 0 spiro atoms. The molecule has 1 fully saturated rings. The predicted molar refractivity (Wildman–Crippen MR) is 67.5 cm³/mol. The van der Waals surface area contributed by atoms with Crippen molar-refractivity contribution in [1.82, 2.24) is 14.9 Å². The summed E-state index contributed by atoms with van der Waals surface area (Å²) >= 11 is 0. The van der Waals surface area contributed by atoms with Crippen molar-refractivity contribution in [2.24, 2.45) is 0 Å². The maximum absolute atomic E-state index is 13.3.